The highest BCUT2D eigenvalue weighted by atomic mass is 16.6. The molecule has 3 aliphatic rings. The number of rotatable bonds is 3. The zero-order valence-corrected chi connectivity index (χ0v) is 16.2. The molecule has 2 aliphatic carbocycles. The molecule has 1 aromatic rings. The first-order valence-electron chi connectivity index (χ1n) is 9.74. The minimum absolute atomic E-state index is 0.0965. The number of hydrogen-bond donors (Lipinski definition) is 2. The molecule has 1 saturated heterocycles. The average molecular weight is 386 g/mol. The van der Waals surface area contributed by atoms with Gasteiger partial charge in [0.2, 0.25) is 0 Å². The number of hydrogen-bond acceptors (Lipinski definition) is 6. The summed E-state index contributed by atoms with van der Waals surface area (Å²) in [6, 6.07) is 8.67. The fraction of sp³-hybridized carbons (Fsp3) is 0.545. The maximum Gasteiger partial charge on any atom is 0.338 e. The number of aliphatic hydroxyl groups is 2. The van der Waals surface area contributed by atoms with E-state index in [2.05, 4.69) is 0 Å². The van der Waals surface area contributed by atoms with Crippen LogP contribution in [0.3, 0.4) is 0 Å². The van der Waals surface area contributed by atoms with Crippen molar-refractivity contribution in [1.29, 1.82) is 0 Å². The van der Waals surface area contributed by atoms with Crippen LogP contribution in [0.15, 0.2) is 42.0 Å². The first kappa shape index (κ1) is 19.2. The van der Waals surface area contributed by atoms with Crippen LogP contribution in [-0.2, 0) is 14.3 Å². The molecule has 0 unspecified atom stereocenters. The summed E-state index contributed by atoms with van der Waals surface area (Å²) >= 11 is 0. The Hall–Kier alpha value is -2.18. The lowest BCUT2D eigenvalue weighted by Gasteiger charge is -2.60. The Morgan fingerprint density at radius 2 is 1.96 bits per heavy atom. The van der Waals surface area contributed by atoms with Crippen LogP contribution in [0.25, 0.3) is 0 Å². The van der Waals surface area contributed by atoms with Gasteiger partial charge in [-0.2, -0.15) is 0 Å². The molecule has 2 N–H and O–H groups in total. The third-order valence-corrected chi connectivity index (χ3v) is 7.18. The summed E-state index contributed by atoms with van der Waals surface area (Å²) in [5.41, 5.74) is -2.18. The number of benzene rings is 1. The standard InChI is InChI=1S/C22H26O6/c1-20(12-23)9-6-10-21(2)17(20)16(11-15-19(25)27-13-22(15,21)26)28-18(24)14-7-4-3-5-8-14/h3-5,7-8,11,16-17,23,26H,6,9-10,12-13H2,1-2H3/t16-,17+,20+,21+,22-/m0/s1. The average Bonchev–Trinajstić information content (AvgIpc) is 2.98. The van der Waals surface area contributed by atoms with E-state index in [9.17, 15) is 19.8 Å². The summed E-state index contributed by atoms with van der Waals surface area (Å²) in [4.78, 5) is 25.1. The maximum atomic E-state index is 12.8. The van der Waals surface area contributed by atoms with Crippen LogP contribution < -0.4 is 0 Å². The molecule has 1 aliphatic heterocycles. The summed E-state index contributed by atoms with van der Waals surface area (Å²) in [5, 5.41) is 21.7. The third-order valence-electron chi connectivity index (χ3n) is 7.18. The SMILES string of the molecule is C[C@]1(CO)CCC[C@]2(C)[C@@H]1[C@@H](OC(=O)c1ccccc1)C=C1C(=O)OC[C@]12O. The van der Waals surface area contributed by atoms with Crippen molar-refractivity contribution >= 4 is 11.9 Å². The van der Waals surface area contributed by atoms with Crippen molar-refractivity contribution in [3.63, 3.8) is 0 Å². The van der Waals surface area contributed by atoms with E-state index in [1.165, 1.54) is 0 Å². The van der Waals surface area contributed by atoms with Gasteiger partial charge in [-0.05, 0) is 36.5 Å². The molecular formula is C22H26O6. The quantitative estimate of drug-likeness (QED) is 0.774. The van der Waals surface area contributed by atoms with Crippen molar-refractivity contribution in [1.82, 2.24) is 0 Å². The van der Waals surface area contributed by atoms with Crippen LogP contribution in [0.2, 0.25) is 0 Å². The molecule has 5 atom stereocenters. The molecule has 150 valence electrons. The Balaban J connectivity index is 1.80. The largest absolute Gasteiger partial charge is 0.459 e. The molecule has 28 heavy (non-hydrogen) atoms. The van der Waals surface area contributed by atoms with E-state index in [4.69, 9.17) is 9.47 Å². The summed E-state index contributed by atoms with van der Waals surface area (Å²) in [6.45, 7) is 3.67. The number of esters is 2. The fourth-order valence-corrected chi connectivity index (χ4v) is 5.64. The molecular weight excluding hydrogens is 360 g/mol. The summed E-state index contributed by atoms with van der Waals surface area (Å²) in [6.07, 6.45) is 3.00. The third kappa shape index (κ3) is 2.54. The van der Waals surface area contributed by atoms with E-state index in [1.54, 1.807) is 30.3 Å². The van der Waals surface area contributed by atoms with Gasteiger partial charge in [-0.1, -0.05) is 38.5 Å². The van der Waals surface area contributed by atoms with Crippen LogP contribution in [0.1, 0.15) is 43.5 Å². The first-order chi connectivity index (χ1) is 13.2. The Kier molecular flexibility index (Phi) is 4.39. The molecule has 0 bridgehead atoms. The fourth-order valence-electron chi connectivity index (χ4n) is 5.64. The van der Waals surface area contributed by atoms with Gasteiger partial charge in [-0.25, -0.2) is 9.59 Å². The summed E-state index contributed by atoms with van der Waals surface area (Å²) < 4.78 is 11.1. The lowest BCUT2D eigenvalue weighted by Crippen LogP contribution is -2.65. The molecule has 4 rings (SSSR count). The smallest absolute Gasteiger partial charge is 0.338 e. The van der Waals surface area contributed by atoms with Gasteiger partial charge in [0.15, 0.2) is 0 Å². The van der Waals surface area contributed by atoms with E-state index in [0.29, 0.717) is 12.0 Å². The van der Waals surface area contributed by atoms with Crippen molar-refractivity contribution < 1.29 is 29.3 Å². The molecule has 6 nitrogen and oxygen atoms in total. The van der Waals surface area contributed by atoms with Crippen LogP contribution >= 0.6 is 0 Å². The van der Waals surface area contributed by atoms with Crippen molar-refractivity contribution in [2.75, 3.05) is 13.2 Å². The molecule has 1 saturated carbocycles. The number of fused-ring (bicyclic) bond motifs is 3. The van der Waals surface area contributed by atoms with Gasteiger partial charge in [0, 0.05) is 17.9 Å². The number of ether oxygens (including phenoxy) is 2. The Morgan fingerprint density at radius 3 is 2.64 bits per heavy atom. The highest BCUT2D eigenvalue weighted by molar-refractivity contribution is 5.94. The molecule has 6 heteroatoms. The van der Waals surface area contributed by atoms with E-state index >= 15 is 0 Å². The van der Waals surface area contributed by atoms with Gasteiger partial charge in [0.1, 0.15) is 18.3 Å². The van der Waals surface area contributed by atoms with Gasteiger partial charge >= 0.3 is 11.9 Å². The summed E-state index contributed by atoms with van der Waals surface area (Å²) in [5.74, 6) is -1.42. The van der Waals surface area contributed by atoms with Gasteiger partial charge < -0.3 is 19.7 Å². The van der Waals surface area contributed by atoms with Crippen molar-refractivity contribution in [3.05, 3.63) is 47.5 Å². The first-order valence-corrected chi connectivity index (χ1v) is 9.74. The van der Waals surface area contributed by atoms with Gasteiger partial charge in [0.25, 0.3) is 0 Å². The van der Waals surface area contributed by atoms with E-state index < -0.39 is 34.5 Å². The Labute approximate surface area is 164 Å². The molecule has 2 fully saturated rings. The van der Waals surface area contributed by atoms with Gasteiger partial charge in [-0.15, -0.1) is 0 Å². The number of cyclic esters (lactones) is 1. The monoisotopic (exact) mass is 386 g/mol. The molecule has 0 spiro atoms. The Morgan fingerprint density at radius 1 is 1.25 bits per heavy atom. The van der Waals surface area contributed by atoms with Crippen LogP contribution in [0.4, 0.5) is 0 Å². The Bertz CT molecular complexity index is 833. The predicted molar refractivity (Wildman–Crippen MR) is 100 cm³/mol. The van der Waals surface area contributed by atoms with Crippen molar-refractivity contribution in [2.45, 2.75) is 44.8 Å². The van der Waals surface area contributed by atoms with Crippen molar-refractivity contribution in [2.24, 2.45) is 16.7 Å². The van der Waals surface area contributed by atoms with Gasteiger partial charge in [-0.3, -0.25) is 0 Å². The lowest BCUT2D eigenvalue weighted by atomic mass is 9.46. The number of carbonyl (C=O) groups excluding carboxylic acids is 2. The normalized spacial score (nSPS) is 39.4. The zero-order valence-electron chi connectivity index (χ0n) is 16.2. The zero-order chi connectivity index (χ0) is 20.2. The van der Waals surface area contributed by atoms with E-state index in [-0.39, 0.29) is 24.7 Å². The minimum atomic E-state index is -1.44. The van der Waals surface area contributed by atoms with E-state index in [1.807, 2.05) is 19.9 Å². The van der Waals surface area contributed by atoms with Crippen molar-refractivity contribution in [3.8, 4) is 0 Å². The molecule has 0 amide bonds. The highest BCUT2D eigenvalue weighted by Gasteiger charge is 2.68. The molecule has 0 radical (unpaired) electrons. The van der Waals surface area contributed by atoms with E-state index in [0.717, 1.165) is 12.8 Å². The summed E-state index contributed by atoms with van der Waals surface area (Å²) in [7, 11) is 0. The number of carbonyl (C=O) groups is 2. The lowest BCUT2D eigenvalue weighted by molar-refractivity contribution is -0.185. The van der Waals surface area contributed by atoms with Crippen LogP contribution in [0, 0.1) is 16.7 Å². The molecule has 1 aromatic carbocycles. The predicted octanol–water partition coefficient (Wildman–Crippen LogP) is 2.24. The van der Waals surface area contributed by atoms with Crippen LogP contribution in [-0.4, -0.2) is 47.1 Å². The second kappa shape index (κ2) is 6.42. The van der Waals surface area contributed by atoms with Gasteiger partial charge in [0.05, 0.1) is 11.1 Å². The molecule has 1 heterocycles. The second-order valence-corrected chi connectivity index (χ2v) is 8.81. The topological polar surface area (TPSA) is 93.1 Å². The number of aliphatic hydroxyl groups excluding tert-OH is 1. The minimum Gasteiger partial charge on any atom is -0.459 e. The maximum absolute atomic E-state index is 12.8. The molecule has 0 aromatic heterocycles. The van der Waals surface area contributed by atoms with Crippen LogP contribution in [0.5, 0.6) is 0 Å². The highest BCUT2D eigenvalue weighted by Crippen LogP contribution is 2.63. The second-order valence-electron chi connectivity index (χ2n) is 8.81.